The molecule has 4 nitrogen and oxygen atoms in total. The largest absolute Gasteiger partial charge is 0.493 e. The molecule has 0 spiro atoms. The third kappa shape index (κ3) is 1.86. The minimum absolute atomic E-state index is 0.563. The molecule has 1 fully saturated rings. The van der Waals surface area contributed by atoms with E-state index < -0.39 is 11.4 Å². The van der Waals surface area contributed by atoms with Gasteiger partial charge in [-0.3, -0.25) is 4.79 Å². The van der Waals surface area contributed by atoms with Crippen molar-refractivity contribution in [2.75, 3.05) is 14.2 Å². The second kappa shape index (κ2) is 4.76. The molecule has 0 aliphatic heterocycles. The van der Waals surface area contributed by atoms with E-state index in [9.17, 15) is 9.90 Å². The summed E-state index contributed by atoms with van der Waals surface area (Å²) in [7, 11) is 3.15. The smallest absolute Gasteiger partial charge is 0.314 e. The van der Waals surface area contributed by atoms with Gasteiger partial charge in [-0.1, -0.05) is 12.5 Å². The molecule has 1 aromatic rings. The van der Waals surface area contributed by atoms with E-state index in [4.69, 9.17) is 9.47 Å². The Morgan fingerprint density at radius 2 is 1.79 bits per heavy atom. The van der Waals surface area contributed by atoms with Gasteiger partial charge in [0, 0.05) is 5.56 Å². The number of methoxy groups -OCH3 is 2. The van der Waals surface area contributed by atoms with Gasteiger partial charge in [0.15, 0.2) is 11.5 Å². The number of hydrogen-bond donors (Lipinski definition) is 1. The maximum atomic E-state index is 11.7. The summed E-state index contributed by atoms with van der Waals surface area (Å²) >= 11 is 0. The highest BCUT2D eigenvalue weighted by atomic mass is 16.5. The minimum atomic E-state index is -0.808. The van der Waals surface area contributed by atoms with Crippen molar-refractivity contribution in [1.82, 2.24) is 0 Å². The van der Waals surface area contributed by atoms with Crippen LogP contribution in [0.5, 0.6) is 11.5 Å². The molecule has 0 amide bonds. The van der Waals surface area contributed by atoms with Crippen molar-refractivity contribution in [3.05, 3.63) is 22.8 Å². The topological polar surface area (TPSA) is 55.8 Å². The van der Waals surface area contributed by atoms with Crippen molar-refractivity contribution < 1.29 is 19.4 Å². The molecule has 1 saturated carbocycles. The average Bonchev–Trinajstić information content (AvgIpc) is 2.31. The molecule has 0 bridgehead atoms. The second-order valence-corrected chi connectivity index (χ2v) is 5.17. The first-order valence-electron chi connectivity index (χ1n) is 6.44. The van der Waals surface area contributed by atoms with Crippen LogP contribution in [0.4, 0.5) is 0 Å². The summed E-state index contributed by atoms with van der Waals surface area (Å²) in [6, 6.07) is 1.93. The van der Waals surface area contributed by atoms with Crippen LogP contribution in [-0.4, -0.2) is 25.3 Å². The maximum Gasteiger partial charge on any atom is 0.314 e. The fourth-order valence-electron chi connectivity index (χ4n) is 2.79. The van der Waals surface area contributed by atoms with Crippen LogP contribution >= 0.6 is 0 Å². The van der Waals surface area contributed by atoms with Gasteiger partial charge < -0.3 is 14.6 Å². The van der Waals surface area contributed by atoms with E-state index in [2.05, 4.69) is 0 Å². The van der Waals surface area contributed by atoms with Gasteiger partial charge in [0.2, 0.25) is 0 Å². The molecule has 0 radical (unpaired) electrons. The molecular weight excluding hydrogens is 244 g/mol. The molecular formula is C15H20O4. The van der Waals surface area contributed by atoms with Gasteiger partial charge in [-0.05, 0) is 37.8 Å². The number of benzene rings is 1. The zero-order chi connectivity index (χ0) is 14.2. The lowest BCUT2D eigenvalue weighted by Gasteiger charge is -2.39. The van der Waals surface area contributed by atoms with E-state index >= 15 is 0 Å². The molecule has 1 aliphatic rings. The van der Waals surface area contributed by atoms with Gasteiger partial charge in [0.1, 0.15) is 0 Å². The monoisotopic (exact) mass is 264 g/mol. The summed E-state index contributed by atoms with van der Waals surface area (Å²) in [6.45, 7) is 3.92. The van der Waals surface area contributed by atoms with E-state index in [-0.39, 0.29) is 0 Å². The van der Waals surface area contributed by atoms with Crippen LogP contribution in [0.2, 0.25) is 0 Å². The number of hydrogen-bond acceptors (Lipinski definition) is 3. The number of aryl methyl sites for hydroxylation is 1. The number of aliphatic carboxylic acids is 1. The van der Waals surface area contributed by atoms with E-state index in [1.807, 2.05) is 19.9 Å². The fourth-order valence-corrected chi connectivity index (χ4v) is 2.79. The molecule has 0 saturated heterocycles. The lowest BCUT2D eigenvalue weighted by molar-refractivity contribution is -0.147. The van der Waals surface area contributed by atoms with Crippen molar-refractivity contribution in [1.29, 1.82) is 0 Å². The minimum Gasteiger partial charge on any atom is -0.493 e. The molecule has 0 heterocycles. The van der Waals surface area contributed by atoms with E-state index in [1.54, 1.807) is 14.2 Å². The van der Waals surface area contributed by atoms with Crippen LogP contribution in [-0.2, 0) is 10.2 Å². The van der Waals surface area contributed by atoms with Crippen molar-refractivity contribution in [2.45, 2.75) is 38.5 Å². The summed E-state index contributed by atoms with van der Waals surface area (Å²) in [5.41, 5.74) is 1.95. The standard InChI is InChI=1S/C15H20O4/c1-9-8-11(15(14(16)17)6-5-7-15)13(19-4)12(18-3)10(9)2/h8H,5-7H2,1-4H3,(H,16,17). The van der Waals surface area contributed by atoms with Crippen molar-refractivity contribution >= 4 is 5.97 Å². The molecule has 0 unspecified atom stereocenters. The normalized spacial score (nSPS) is 16.6. The van der Waals surface area contributed by atoms with Gasteiger partial charge in [0.05, 0.1) is 19.6 Å². The van der Waals surface area contributed by atoms with Gasteiger partial charge in [0.25, 0.3) is 0 Å². The first-order valence-corrected chi connectivity index (χ1v) is 6.44. The van der Waals surface area contributed by atoms with Gasteiger partial charge >= 0.3 is 5.97 Å². The second-order valence-electron chi connectivity index (χ2n) is 5.17. The first kappa shape index (κ1) is 13.7. The number of rotatable bonds is 4. The fraction of sp³-hybridized carbons (Fsp3) is 0.533. The third-order valence-corrected chi connectivity index (χ3v) is 4.28. The number of carboxylic acids is 1. The molecule has 4 heteroatoms. The molecule has 1 aromatic carbocycles. The number of carbonyl (C=O) groups is 1. The lowest BCUT2D eigenvalue weighted by Crippen LogP contribution is -2.42. The molecule has 19 heavy (non-hydrogen) atoms. The molecule has 104 valence electrons. The molecule has 1 aliphatic carbocycles. The van der Waals surface area contributed by atoms with E-state index in [0.29, 0.717) is 24.3 Å². The zero-order valence-corrected chi connectivity index (χ0v) is 11.9. The van der Waals surface area contributed by atoms with Gasteiger partial charge in [-0.25, -0.2) is 0 Å². The third-order valence-electron chi connectivity index (χ3n) is 4.28. The zero-order valence-electron chi connectivity index (χ0n) is 11.9. The summed E-state index contributed by atoms with van der Waals surface area (Å²) in [5.74, 6) is 0.431. The number of carboxylic acid groups (broad SMARTS) is 1. The van der Waals surface area contributed by atoms with E-state index in [0.717, 1.165) is 23.1 Å². The molecule has 2 rings (SSSR count). The Kier molecular flexibility index (Phi) is 3.43. The Morgan fingerprint density at radius 3 is 2.16 bits per heavy atom. The Bertz CT molecular complexity index is 515. The average molecular weight is 264 g/mol. The quantitative estimate of drug-likeness (QED) is 0.908. The van der Waals surface area contributed by atoms with E-state index in [1.165, 1.54) is 0 Å². The summed E-state index contributed by atoms with van der Waals surface area (Å²) in [6.07, 6.45) is 2.25. The SMILES string of the molecule is COc1c(C2(C(=O)O)CCC2)cc(C)c(C)c1OC. The number of ether oxygens (including phenoxy) is 2. The van der Waals surface area contributed by atoms with Gasteiger partial charge in [-0.2, -0.15) is 0 Å². The maximum absolute atomic E-state index is 11.7. The predicted octanol–water partition coefficient (Wildman–Crippen LogP) is 2.83. The Hall–Kier alpha value is -1.71. The van der Waals surface area contributed by atoms with Crippen molar-refractivity contribution in [2.24, 2.45) is 0 Å². The highest BCUT2D eigenvalue weighted by Crippen LogP contribution is 2.51. The molecule has 0 aromatic heterocycles. The van der Waals surface area contributed by atoms with Crippen LogP contribution in [0.25, 0.3) is 0 Å². The summed E-state index contributed by atoms with van der Waals surface area (Å²) in [5, 5.41) is 9.58. The van der Waals surface area contributed by atoms with Crippen molar-refractivity contribution in [3.8, 4) is 11.5 Å². The summed E-state index contributed by atoms with van der Waals surface area (Å²) in [4.78, 5) is 11.7. The van der Waals surface area contributed by atoms with Gasteiger partial charge in [-0.15, -0.1) is 0 Å². The molecule has 1 N–H and O–H groups in total. The Balaban J connectivity index is 2.69. The lowest BCUT2D eigenvalue weighted by atomic mass is 9.63. The highest BCUT2D eigenvalue weighted by Gasteiger charge is 2.48. The van der Waals surface area contributed by atoms with Crippen LogP contribution in [0.1, 0.15) is 36.0 Å². The van der Waals surface area contributed by atoms with Crippen LogP contribution in [0.3, 0.4) is 0 Å². The predicted molar refractivity (Wildman–Crippen MR) is 72.2 cm³/mol. The van der Waals surface area contributed by atoms with Crippen LogP contribution in [0, 0.1) is 13.8 Å². The summed E-state index contributed by atoms with van der Waals surface area (Å²) < 4.78 is 10.9. The van der Waals surface area contributed by atoms with Crippen LogP contribution < -0.4 is 9.47 Å². The van der Waals surface area contributed by atoms with Crippen LogP contribution in [0.15, 0.2) is 6.07 Å². The Morgan fingerprint density at radius 1 is 1.21 bits per heavy atom. The Labute approximate surface area is 113 Å². The molecule has 0 atom stereocenters. The first-order chi connectivity index (χ1) is 8.97. The van der Waals surface area contributed by atoms with Crippen molar-refractivity contribution in [3.63, 3.8) is 0 Å². The highest BCUT2D eigenvalue weighted by molar-refractivity contribution is 5.84.